The molecule has 2 aliphatic heterocycles. The topological polar surface area (TPSA) is 40.6 Å². The van der Waals surface area contributed by atoms with E-state index in [9.17, 15) is 22.8 Å². The molecule has 0 saturated carbocycles. The molecule has 2 fully saturated rings. The van der Waals surface area contributed by atoms with E-state index in [4.69, 9.17) is 0 Å². The molecule has 3 rings (SSSR count). The van der Waals surface area contributed by atoms with Crippen LogP contribution in [0.5, 0.6) is 0 Å². The van der Waals surface area contributed by atoms with Gasteiger partial charge in [-0.3, -0.25) is 9.59 Å². The molecular weight excluding hydrogens is 285 g/mol. The fourth-order valence-corrected chi connectivity index (χ4v) is 2.87. The van der Waals surface area contributed by atoms with Gasteiger partial charge in [0, 0.05) is 12.2 Å². The number of piperazine rings is 1. The van der Waals surface area contributed by atoms with Gasteiger partial charge in [-0.05, 0) is 31.0 Å². The van der Waals surface area contributed by atoms with Gasteiger partial charge in [0.25, 0.3) is 0 Å². The number of carbonyl (C=O) groups excluding carboxylic acids is 2. The van der Waals surface area contributed by atoms with Crippen LogP contribution in [-0.2, 0) is 15.8 Å². The molecule has 0 N–H and O–H groups in total. The number of hydrogen-bond acceptors (Lipinski definition) is 2. The lowest BCUT2D eigenvalue weighted by Crippen LogP contribution is -2.57. The van der Waals surface area contributed by atoms with E-state index < -0.39 is 17.8 Å². The number of halogens is 3. The van der Waals surface area contributed by atoms with Gasteiger partial charge in [0.1, 0.15) is 12.6 Å². The van der Waals surface area contributed by atoms with Gasteiger partial charge in [-0.1, -0.05) is 6.07 Å². The van der Waals surface area contributed by atoms with Crippen molar-refractivity contribution in [1.29, 1.82) is 0 Å². The zero-order chi connectivity index (χ0) is 15.2. The van der Waals surface area contributed by atoms with E-state index in [0.717, 1.165) is 23.5 Å². The normalized spacial score (nSPS) is 22.7. The van der Waals surface area contributed by atoms with Crippen molar-refractivity contribution in [3.8, 4) is 0 Å². The van der Waals surface area contributed by atoms with Gasteiger partial charge in [0.15, 0.2) is 0 Å². The number of nitrogens with zero attached hydrogens (tertiary/aromatic N) is 2. The van der Waals surface area contributed by atoms with E-state index in [-0.39, 0.29) is 24.0 Å². The van der Waals surface area contributed by atoms with Crippen LogP contribution in [0.2, 0.25) is 0 Å². The largest absolute Gasteiger partial charge is 0.416 e. The quantitative estimate of drug-likeness (QED) is 0.796. The molecule has 0 aromatic heterocycles. The van der Waals surface area contributed by atoms with Gasteiger partial charge in [0.2, 0.25) is 11.8 Å². The van der Waals surface area contributed by atoms with Crippen molar-refractivity contribution in [2.45, 2.75) is 25.1 Å². The van der Waals surface area contributed by atoms with Crippen molar-refractivity contribution in [3.05, 3.63) is 29.8 Å². The fraction of sp³-hybridized carbons (Fsp3) is 0.429. The first kappa shape index (κ1) is 13.9. The molecule has 0 spiro atoms. The molecule has 7 heteroatoms. The molecule has 2 aliphatic rings. The highest BCUT2D eigenvalue weighted by Gasteiger charge is 2.42. The SMILES string of the molecule is O=C1C2CCCN2C(=O)CN1c1cccc(C(F)(F)F)c1. The van der Waals surface area contributed by atoms with Crippen molar-refractivity contribution < 1.29 is 22.8 Å². The molecule has 1 unspecified atom stereocenters. The van der Waals surface area contributed by atoms with Crippen molar-refractivity contribution in [1.82, 2.24) is 4.90 Å². The second-order valence-corrected chi connectivity index (χ2v) is 5.22. The number of anilines is 1. The lowest BCUT2D eigenvalue weighted by molar-refractivity contribution is -0.140. The smallest absolute Gasteiger partial charge is 0.329 e. The van der Waals surface area contributed by atoms with Gasteiger partial charge >= 0.3 is 6.18 Å². The van der Waals surface area contributed by atoms with Crippen LogP contribution in [0.4, 0.5) is 18.9 Å². The monoisotopic (exact) mass is 298 g/mol. The number of benzene rings is 1. The maximum Gasteiger partial charge on any atom is 0.416 e. The van der Waals surface area contributed by atoms with Crippen LogP contribution >= 0.6 is 0 Å². The molecule has 1 aromatic rings. The molecule has 0 bridgehead atoms. The lowest BCUT2D eigenvalue weighted by Gasteiger charge is -2.36. The summed E-state index contributed by atoms with van der Waals surface area (Å²) in [6, 6.07) is 4.00. The summed E-state index contributed by atoms with van der Waals surface area (Å²) in [4.78, 5) is 27.0. The van der Waals surface area contributed by atoms with Gasteiger partial charge in [0.05, 0.1) is 5.56 Å². The van der Waals surface area contributed by atoms with Crippen LogP contribution in [0.15, 0.2) is 24.3 Å². The van der Waals surface area contributed by atoms with E-state index in [1.165, 1.54) is 17.0 Å². The molecule has 2 heterocycles. The fourth-order valence-electron chi connectivity index (χ4n) is 2.87. The van der Waals surface area contributed by atoms with Crippen LogP contribution in [0.3, 0.4) is 0 Å². The van der Waals surface area contributed by atoms with E-state index in [0.29, 0.717) is 13.0 Å². The molecule has 21 heavy (non-hydrogen) atoms. The number of hydrogen-bond donors (Lipinski definition) is 0. The van der Waals surface area contributed by atoms with Gasteiger partial charge in [-0.25, -0.2) is 0 Å². The maximum atomic E-state index is 12.7. The summed E-state index contributed by atoms with van der Waals surface area (Å²) in [7, 11) is 0. The summed E-state index contributed by atoms with van der Waals surface area (Å²) in [5.41, 5.74) is -0.705. The molecule has 1 aromatic carbocycles. The Kier molecular flexibility index (Phi) is 3.15. The molecule has 0 aliphatic carbocycles. The van der Waals surface area contributed by atoms with Crippen LogP contribution in [-0.4, -0.2) is 35.8 Å². The van der Waals surface area contributed by atoms with Crippen molar-refractivity contribution >= 4 is 17.5 Å². The molecule has 112 valence electrons. The first-order valence-corrected chi connectivity index (χ1v) is 6.66. The highest BCUT2D eigenvalue weighted by atomic mass is 19.4. The van der Waals surface area contributed by atoms with Crippen LogP contribution in [0.1, 0.15) is 18.4 Å². The third-order valence-electron chi connectivity index (χ3n) is 3.90. The molecule has 2 saturated heterocycles. The Morgan fingerprint density at radius 3 is 2.67 bits per heavy atom. The number of amides is 2. The second kappa shape index (κ2) is 4.75. The molecule has 4 nitrogen and oxygen atoms in total. The highest BCUT2D eigenvalue weighted by molar-refractivity contribution is 6.06. The number of carbonyl (C=O) groups is 2. The summed E-state index contributed by atoms with van der Waals surface area (Å²) < 4.78 is 38.2. The summed E-state index contributed by atoms with van der Waals surface area (Å²) in [6.07, 6.45) is -3.16. The molecule has 1 atom stereocenters. The van der Waals surface area contributed by atoms with Gasteiger partial charge in [-0.15, -0.1) is 0 Å². The highest BCUT2D eigenvalue weighted by Crippen LogP contribution is 2.33. The van der Waals surface area contributed by atoms with E-state index >= 15 is 0 Å². The van der Waals surface area contributed by atoms with Gasteiger partial charge in [-0.2, -0.15) is 13.2 Å². The Bertz CT molecular complexity index is 600. The summed E-state index contributed by atoms with van der Waals surface area (Å²) >= 11 is 0. The molecule has 2 amide bonds. The standard InChI is InChI=1S/C14H13F3N2O2/c15-14(16,17)9-3-1-4-10(7-9)19-8-12(20)18-6-2-5-11(18)13(19)21/h1,3-4,7,11H,2,5-6,8H2. The van der Waals surface area contributed by atoms with Crippen LogP contribution in [0.25, 0.3) is 0 Å². The minimum Gasteiger partial charge on any atom is -0.329 e. The van der Waals surface area contributed by atoms with E-state index in [1.807, 2.05) is 0 Å². The van der Waals surface area contributed by atoms with Crippen LogP contribution < -0.4 is 4.90 Å². The zero-order valence-corrected chi connectivity index (χ0v) is 11.1. The Hall–Kier alpha value is -2.05. The second-order valence-electron chi connectivity index (χ2n) is 5.22. The summed E-state index contributed by atoms with van der Waals surface area (Å²) in [5, 5.41) is 0. The zero-order valence-electron chi connectivity index (χ0n) is 11.1. The number of alkyl halides is 3. The maximum absolute atomic E-state index is 12.7. The van der Waals surface area contributed by atoms with Crippen molar-refractivity contribution in [2.24, 2.45) is 0 Å². The van der Waals surface area contributed by atoms with Crippen molar-refractivity contribution in [2.75, 3.05) is 18.0 Å². The van der Waals surface area contributed by atoms with Crippen molar-refractivity contribution in [3.63, 3.8) is 0 Å². The van der Waals surface area contributed by atoms with E-state index in [1.54, 1.807) is 0 Å². The Labute approximate surface area is 119 Å². The minimum atomic E-state index is -4.47. The predicted octanol–water partition coefficient (Wildman–Crippen LogP) is 2.04. The number of fused-ring (bicyclic) bond motifs is 1. The third-order valence-corrected chi connectivity index (χ3v) is 3.90. The first-order chi connectivity index (χ1) is 9.88. The first-order valence-electron chi connectivity index (χ1n) is 6.66. The third kappa shape index (κ3) is 2.36. The minimum absolute atomic E-state index is 0.120. The average molecular weight is 298 g/mol. The molecular formula is C14H13F3N2O2. The Morgan fingerprint density at radius 1 is 1.19 bits per heavy atom. The Balaban J connectivity index is 1.93. The molecule has 0 radical (unpaired) electrons. The Morgan fingerprint density at radius 2 is 1.95 bits per heavy atom. The lowest BCUT2D eigenvalue weighted by atomic mass is 10.1. The van der Waals surface area contributed by atoms with Crippen LogP contribution in [0, 0.1) is 0 Å². The predicted molar refractivity (Wildman–Crippen MR) is 68.5 cm³/mol. The summed E-state index contributed by atoms with van der Waals surface area (Å²) in [6.45, 7) is 0.350. The number of rotatable bonds is 1. The van der Waals surface area contributed by atoms with Gasteiger partial charge < -0.3 is 9.80 Å². The average Bonchev–Trinajstić information content (AvgIpc) is 2.92. The summed E-state index contributed by atoms with van der Waals surface area (Å²) in [5.74, 6) is -0.513. The van der Waals surface area contributed by atoms with E-state index in [2.05, 4.69) is 0 Å².